The number of carbonyl (C=O) groups is 1. The zero-order valence-corrected chi connectivity index (χ0v) is 11.8. The third-order valence-corrected chi connectivity index (χ3v) is 3.55. The molecule has 1 atom stereocenters. The molecule has 2 rings (SSSR count). The molecule has 106 valence electrons. The summed E-state index contributed by atoms with van der Waals surface area (Å²) in [5.74, 6) is 0. The van der Waals surface area contributed by atoms with Crippen LogP contribution < -0.4 is 11.1 Å². The fourth-order valence-electron chi connectivity index (χ4n) is 1.71. The normalized spacial score (nSPS) is 20.0. The standard InChI is InChI=1S/C14H17N3O2S/c15-11(3-4-13-2-1-9-20-13)5-8-17-14(18)19-12-6-7-16-10-12/h1-5,8-9,12,16H,6-7,10,15H2/b4-3+,11-5-,17-8+. The van der Waals surface area contributed by atoms with E-state index in [1.54, 1.807) is 23.5 Å². The predicted molar refractivity (Wildman–Crippen MR) is 81.9 cm³/mol. The van der Waals surface area contributed by atoms with Crippen LogP contribution in [0.3, 0.4) is 0 Å². The van der Waals surface area contributed by atoms with E-state index in [4.69, 9.17) is 10.5 Å². The number of allylic oxidation sites excluding steroid dienone is 2. The molecule has 3 N–H and O–H groups in total. The summed E-state index contributed by atoms with van der Waals surface area (Å²) >= 11 is 1.63. The van der Waals surface area contributed by atoms with Crippen molar-refractivity contribution in [3.05, 3.63) is 40.2 Å². The first-order chi connectivity index (χ1) is 9.74. The molecule has 2 heterocycles. The average Bonchev–Trinajstić information content (AvgIpc) is 3.09. The van der Waals surface area contributed by atoms with Gasteiger partial charge in [0.25, 0.3) is 0 Å². The summed E-state index contributed by atoms with van der Waals surface area (Å²) in [6.07, 6.45) is 6.79. The van der Waals surface area contributed by atoms with Gasteiger partial charge in [0.1, 0.15) is 6.10 Å². The lowest BCUT2D eigenvalue weighted by atomic mass is 10.3. The number of aliphatic imine (C=N–C) groups is 1. The maximum absolute atomic E-state index is 11.4. The maximum Gasteiger partial charge on any atom is 0.433 e. The van der Waals surface area contributed by atoms with Gasteiger partial charge in [0.2, 0.25) is 0 Å². The topological polar surface area (TPSA) is 76.7 Å². The number of hydrogen-bond acceptors (Lipinski definition) is 5. The molecule has 0 aliphatic carbocycles. The minimum absolute atomic E-state index is 0.0697. The van der Waals surface area contributed by atoms with Crippen molar-refractivity contribution in [2.45, 2.75) is 12.5 Å². The molecule has 0 saturated carbocycles. The van der Waals surface area contributed by atoms with Crippen molar-refractivity contribution in [3.8, 4) is 0 Å². The molecule has 6 heteroatoms. The molecule has 1 aliphatic rings. The summed E-state index contributed by atoms with van der Waals surface area (Å²) in [5, 5.41) is 5.11. The van der Waals surface area contributed by atoms with Crippen LogP contribution in [-0.2, 0) is 4.74 Å². The molecule has 0 radical (unpaired) electrons. The second-order valence-corrected chi connectivity index (χ2v) is 5.27. The van der Waals surface area contributed by atoms with Gasteiger partial charge in [0, 0.05) is 23.3 Å². The molecule has 1 aliphatic heterocycles. The van der Waals surface area contributed by atoms with Crippen LogP contribution in [0.15, 0.2) is 40.4 Å². The van der Waals surface area contributed by atoms with Gasteiger partial charge < -0.3 is 15.8 Å². The lowest BCUT2D eigenvalue weighted by Gasteiger charge is -2.06. The maximum atomic E-state index is 11.4. The summed E-state index contributed by atoms with van der Waals surface area (Å²) in [7, 11) is 0. The molecular formula is C14H17N3O2S. The number of hydrogen-bond donors (Lipinski definition) is 2. The summed E-state index contributed by atoms with van der Waals surface area (Å²) in [6, 6.07) is 3.97. The summed E-state index contributed by atoms with van der Waals surface area (Å²) < 4.78 is 5.13. The molecule has 0 spiro atoms. The highest BCUT2D eigenvalue weighted by Gasteiger charge is 2.17. The Kier molecular flexibility index (Phi) is 5.52. The number of amides is 1. The number of nitrogens with two attached hydrogens (primary N) is 1. The molecule has 5 nitrogen and oxygen atoms in total. The Morgan fingerprint density at radius 3 is 3.20 bits per heavy atom. The first kappa shape index (κ1) is 14.5. The third kappa shape index (κ3) is 4.99. The summed E-state index contributed by atoms with van der Waals surface area (Å²) in [6.45, 7) is 1.57. The highest BCUT2D eigenvalue weighted by Crippen LogP contribution is 2.10. The van der Waals surface area contributed by atoms with E-state index in [2.05, 4.69) is 10.3 Å². The number of thiophene rings is 1. The van der Waals surface area contributed by atoms with Gasteiger partial charge >= 0.3 is 6.09 Å². The lowest BCUT2D eigenvalue weighted by Crippen LogP contribution is -2.18. The second kappa shape index (κ2) is 7.62. The molecular weight excluding hydrogens is 274 g/mol. The SMILES string of the molecule is NC(=C\C=N\C(=O)OC1CCNC1)/C=C/c1cccs1. The lowest BCUT2D eigenvalue weighted by molar-refractivity contribution is 0.117. The Morgan fingerprint density at radius 2 is 2.50 bits per heavy atom. The van der Waals surface area contributed by atoms with E-state index >= 15 is 0 Å². The Labute approximate surface area is 121 Å². The van der Waals surface area contributed by atoms with Gasteiger partial charge in [0.05, 0.1) is 0 Å². The van der Waals surface area contributed by atoms with Gasteiger partial charge in [-0.1, -0.05) is 6.07 Å². The Balaban J connectivity index is 1.78. The minimum atomic E-state index is -0.579. The van der Waals surface area contributed by atoms with Crippen molar-refractivity contribution >= 4 is 29.7 Å². The van der Waals surface area contributed by atoms with Gasteiger partial charge in [-0.2, -0.15) is 4.99 Å². The molecule has 0 aromatic carbocycles. The molecule has 1 aromatic heterocycles. The van der Waals surface area contributed by atoms with Gasteiger partial charge in [-0.05, 0) is 42.6 Å². The van der Waals surface area contributed by atoms with Gasteiger partial charge in [0.15, 0.2) is 0 Å². The number of nitrogens with zero attached hydrogens (tertiary/aromatic N) is 1. The second-order valence-electron chi connectivity index (χ2n) is 4.29. The number of nitrogens with one attached hydrogen (secondary N) is 1. The van der Waals surface area contributed by atoms with E-state index in [-0.39, 0.29) is 6.10 Å². The summed E-state index contributed by atoms with van der Waals surface area (Å²) in [5.41, 5.74) is 6.29. The van der Waals surface area contributed by atoms with Crippen LogP contribution in [0, 0.1) is 0 Å². The van der Waals surface area contributed by atoms with E-state index in [1.807, 2.05) is 23.6 Å². The zero-order valence-electron chi connectivity index (χ0n) is 11.0. The largest absolute Gasteiger partial charge is 0.443 e. The van der Waals surface area contributed by atoms with Crippen molar-refractivity contribution < 1.29 is 9.53 Å². The average molecular weight is 291 g/mol. The van der Waals surface area contributed by atoms with Crippen LogP contribution in [0.5, 0.6) is 0 Å². The van der Waals surface area contributed by atoms with Crippen molar-refractivity contribution in [2.24, 2.45) is 10.7 Å². The van der Waals surface area contributed by atoms with Crippen LogP contribution >= 0.6 is 11.3 Å². The molecule has 0 bridgehead atoms. The van der Waals surface area contributed by atoms with Gasteiger partial charge in [-0.25, -0.2) is 4.79 Å². The van der Waals surface area contributed by atoms with Crippen molar-refractivity contribution in [1.82, 2.24) is 5.32 Å². The van der Waals surface area contributed by atoms with Crippen LogP contribution in [0.4, 0.5) is 4.79 Å². The highest BCUT2D eigenvalue weighted by atomic mass is 32.1. The fraction of sp³-hybridized carbons (Fsp3) is 0.286. The molecule has 1 unspecified atom stereocenters. The van der Waals surface area contributed by atoms with Crippen molar-refractivity contribution in [2.75, 3.05) is 13.1 Å². The van der Waals surface area contributed by atoms with E-state index in [9.17, 15) is 4.79 Å². The first-order valence-corrected chi connectivity index (χ1v) is 7.25. The minimum Gasteiger partial charge on any atom is -0.443 e. The molecule has 1 aromatic rings. The Bertz CT molecular complexity index is 515. The smallest absolute Gasteiger partial charge is 0.433 e. The molecule has 1 saturated heterocycles. The van der Waals surface area contributed by atoms with Gasteiger partial charge in [-0.15, -0.1) is 11.3 Å². The van der Waals surface area contributed by atoms with Crippen LogP contribution in [-0.4, -0.2) is 31.5 Å². The quantitative estimate of drug-likeness (QED) is 0.658. The third-order valence-electron chi connectivity index (χ3n) is 2.71. The van der Waals surface area contributed by atoms with E-state index in [1.165, 1.54) is 6.21 Å². The Morgan fingerprint density at radius 1 is 1.60 bits per heavy atom. The highest BCUT2D eigenvalue weighted by molar-refractivity contribution is 7.10. The molecule has 20 heavy (non-hydrogen) atoms. The van der Waals surface area contributed by atoms with Crippen molar-refractivity contribution in [1.29, 1.82) is 0 Å². The van der Waals surface area contributed by atoms with E-state index in [0.29, 0.717) is 12.2 Å². The van der Waals surface area contributed by atoms with Crippen LogP contribution in [0.2, 0.25) is 0 Å². The Hall–Kier alpha value is -1.92. The van der Waals surface area contributed by atoms with E-state index in [0.717, 1.165) is 17.8 Å². The number of rotatable bonds is 4. The van der Waals surface area contributed by atoms with Crippen LogP contribution in [0.1, 0.15) is 11.3 Å². The first-order valence-electron chi connectivity index (χ1n) is 6.37. The van der Waals surface area contributed by atoms with Gasteiger partial charge in [-0.3, -0.25) is 0 Å². The summed E-state index contributed by atoms with van der Waals surface area (Å²) in [4.78, 5) is 16.2. The molecule has 1 fully saturated rings. The number of carbonyl (C=O) groups excluding carboxylic acids is 1. The van der Waals surface area contributed by atoms with Crippen LogP contribution in [0.25, 0.3) is 6.08 Å². The van der Waals surface area contributed by atoms with Crippen molar-refractivity contribution in [3.63, 3.8) is 0 Å². The number of ether oxygens (including phenoxy) is 1. The van der Waals surface area contributed by atoms with E-state index < -0.39 is 6.09 Å². The monoisotopic (exact) mass is 291 g/mol. The predicted octanol–water partition coefficient (Wildman–Crippen LogP) is 2.17. The fourth-order valence-corrected chi connectivity index (χ4v) is 2.32. The molecule has 1 amide bonds. The zero-order chi connectivity index (χ0) is 14.2.